The summed E-state index contributed by atoms with van der Waals surface area (Å²) in [7, 11) is 0. The van der Waals surface area contributed by atoms with Gasteiger partial charge >= 0.3 is 0 Å². The van der Waals surface area contributed by atoms with E-state index < -0.39 is 6.04 Å². The zero-order valence-electron chi connectivity index (χ0n) is 13.5. The number of fused-ring (bicyclic) bond motifs is 5. The molecule has 1 saturated heterocycles. The van der Waals surface area contributed by atoms with Crippen molar-refractivity contribution in [1.82, 2.24) is 4.90 Å². The molecule has 1 aromatic carbocycles. The van der Waals surface area contributed by atoms with Crippen molar-refractivity contribution in [2.24, 2.45) is 23.7 Å². The van der Waals surface area contributed by atoms with Crippen LogP contribution in [0.4, 0.5) is 5.69 Å². The van der Waals surface area contributed by atoms with E-state index in [2.05, 4.69) is 17.5 Å². The van der Waals surface area contributed by atoms with E-state index in [-0.39, 0.29) is 41.4 Å². The molecule has 1 saturated carbocycles. The van der Waals surface area contributed by atoms with Gasteiger partial charge in [-0.2, -0.15) is 0 Å². The predicted molar refractivity (Wildman–Crippen MR) is 88.7 cm³/mol. The molecule has 3 aliphatic rings. The van der Waals surface area contributed by atoms with Gasteiger partial charge < -0.3 is 5.32 Å². The molecule has 1 aliphatic heterocycles. The fourth-order valence-electron chi connectivity index (χ4n) is 4.46. The smallest absolute Gasteiger partial charge is 0.247 e. The molecule has 4 rings (SSSR count). The summed E-state index contributed by atoms with van der Waals surface area (Å²) in [4.78, 5) is 39.6. The second-order valence-corrected chi connectivity index (χ2v) is 6.83. The predicted octanol–water partition coefficient (Wildman–Crippen LogP) is 2.21. The summed E-state index contributed by atoms with van der Waals surface area (Å²) in [6.07, 6.45) is 5.43. The summed E-state index contributed by atoms with van der Waals surface area (Å²) in [6.45, 7) is 1.83. The Morgan fingerprint density at radius 3 is 2.25 bits per heavy atom. The third kappa shape index (κ3) is 2.11. The molecular weight excluding hydrogens is 304 g/mol. The Morgan fingerprint density at radius 1 is 1.12 bits per heavy atom. The molecule has 2 aliphatic carbocycles. The molecule has 3 amide bonds. The number of amides is 3. The van der Waals surface area contributed by atoms with Crippen molar-refractivity contribution in [3.8, 4) is 0 Å². The lowest BCUT2D eigenvalue weighted by molar-refractivity contribution is -0.147. The van der Waals surface area contributed by atoms with E-state index in [9.17, 15) is 14.4 Å². The maximum absolute atomic E-state index is 12.8. The fraction of sp³-hybridized carbons (Fsp3) is 0.421. The van der Waals surface area contributed by atoms with Gasteiger partial charge in [-0.1, -0.05) is 37.3 Å². The van der Waals surface area contributed by atoms with Crippen LogP contribution in [0.25, 0.3) is 0 Å². The van der Waals surface area contributed by atoms with Crippen LogP contribution in [0.2, 0.25) is 0 Å². The lowest BCUT2D eigenvalue weighted by Crippen LogP contribution is -2.48. The minimum Gasteiger partial charge on any atom is -0.324 e. The minimum absolute atomic E-state index is 0.163. The zero-order chi connectivity index (χ0) is 16.8. The van der Waals surface area contributed by atoms with Crippen molar-refractivity contribution in [2.75, 3.05) is 5.32 Å². The summed E-state index contributed by atoms with van der Waals surface area (Å²) in [5.41, 5.74) is 0.668. The Bertz CT molecular complexity index is 697. The number of likely N-dealkylation sites (tertiary alicyclic amines) is 1. The molecule has 1 heterocycles. The van der Waals surface area contributed by atoms with Crippen LogP contribution in [-0.2, 0) is 14.4 Å². The van der Waals surface area contributed by atoms with Gasteiger partial charge in [0, 0.05) is 5.69 Å². The highest BCUT2D eigenvalue weighted by Gasteiger charge is 2.60. The molecule has 5 unspecified atom stereocenters. The molecule has 0 aromatic heterocycles. The first-order valence-electron chi connectivity index (χ1n) is 8.53. The lowest BCUT2D eigenvalue weighted by Gasteiger charge is -2.26. The van der Waals surface area contributed by atoms with Crippen LogP contribution < -0.4 is 5.32 Å². The monoisotopic (exact) mass is 324 g/mol. The van der Waals surface area contributed by atoms with Crippen LogP contribution >= 0.6 is 0 Å². The number of hydrogen-bond donors (Lipinski definition) is 1. The number of benzene rings is 1. The highest BCUT2D eigenvalue weighted by Crippen LogP contribution is 2.52. The number of nitrogens with zero attached hydrogens (tertiary/aromatic N) is 1. The van der Waals surface area contributed by atoms with Crippen molar-refractivity contribution in [1.29, 1.82) is 0 Å². The van der Waals surface area contributed by atoms with E-state index >= 15 is 0 Å². The van der Waals surface area contributed by atoms with Crippen molar-refractivity contribution in [3.05, 3.63) is 42.5 Å². The molecule has 2 fully saturated rings. The summed E-state index contributed by atoms with van der Waals surface area (Å²) >= 11 is 0. The molecule has 124 valence electrons. The quantitative estimate of drug-likeness (QED) is 0.682. The van der Waals surface area contributed by atoms with Gasteiger partial charge in [0.2, 0.25) is 17.7 Å². The number of para-hydroxylation sites is 1. The van der Waals surface area contributed by atoms with Crippen molar-refractivity contribution >= 4 is 23.4 Å². The van der Waals surface area contributed by atoms with Gasteiger partial charge in [-0.3, -0.25) is 19.3 Å². The highest BCUT2D eigenvalue weighted by molar-refractivity contribution is 6.10. The number of anilines is 1. The average Bonchev–Trinajstić information content (AvgIpc) is 3.26. The van der Waals surface area contributed by atoms with Gasteiger partial charge in [0.15, 0.2) is 0 Å². The number of carbonyl (C=O) groups is 3. The largest absolute Gasteiger partial charge is 0.324 e. The lowest BCUT2D eigenvalue weighted by atomic mass is 9.85. The average molecular weight is 324 g/mol. The number of carbonyl (C=O) groups excluding carboxylic acids is 3. The molecule has 2 bridgehead atoms. The number of nitrogens with one attached hydrogen (secondary N) is 1. The van der Waals surface area contributed by atoms with E-state index in [0.29, 0.717) is 12.1 Å². The number of rotatable bonds is 4. The van der Waals surface area contributed by atoms with Crippen molar-refractivity contribution < 1.29 is 14.4 Å². The Kier molecular flexibility index (Phi) is 3.52. The van der Waals surface area contributed by atoms with Crippen LogP contribution in [-0.4, -0.2) is 28.7 Å². The first kappa shape index (κ1) is 15.1. The van der Waals surface area contributed by atoms with Gasteiger partial charge in [0.25, 0.3) is 0 Å². The molecular formula is C19H20N2O3. The number of allylic oxidation sites excluding steroid dienone is 2. The molecule has 5 atom stereocenters. The molecule has 1 N–H and O–H groups in total. The zero-order valence-corrected chi connectivity index (χ0v) is 13.5. The van der Waals surface area contributed by atoms with Crippen molar-refractivity contribution in [3.63, 3.8) is 0 Å². The first-order valence-corrected chi connectivity index (χ1v) is 8.53. The van der Waals surface area contributed by atoms with E-state index in [1.165, 1.54) is 4.90 Å². The highest BCUT2D eigenvalue weighted by atomic mass is 16.2. The summed E-state index contributed by atoms with van der Waals surface area (Å²) < 4.78 is 0. The molecule has 5 nitrogen and oxygen atoms in total. The molecule has 0 spiro atoms. The van der Waals surface area contributed by atoms with Crippen LogP contribution in [0, 0.1) is 23.7 Å². The van der Waals surface area contributed by atoms with Gasteiger partial charge in [-0.15, -0.1) is 0 Å². The van der Waals surface area contributed by atoms with Gasteiger partial charge in [0.05, 0.1) is 11.8 Å². The molecule has 24 heavy (non-hydrogen) atoms. The van der Waals surface area contributed by atoms with Crippen molar-refractivity contribution in [2.45, 2.75) is 25.8 Å². The Hall–Kier alpha value is -2.43. The Morgan fingerprint density at radius 2 is 1.71 bits per heavy atom. The normalized spacial score (nSPS) is 31.5. The van der Waals surface area contributed by atoms with Crippen LogP contribution in [0.3, 0.4) is 0 Å². The number of imide groups is 1. The maximum atomic E-state index is 12.8. The molecule has 0 radical (unpaired) electrons. The summed E-state index contributed by atoms with van der Waals surface area (Å²) in [5.74, 6) is -0.830. The molecule has 5 heteroatoms. The maximum Gasteiger partial charge on any atom is 0.247 e. The summed E-state index contributed by atoms with van der Waals surface area (Å²) in [6, 6.07) is 8.36. The minimum atomic E-state index is -0.741. The van der Waals surface area contributed by atoms with Crippen LogP contribution in [0.5, 0.6) is 0 Å². The third-order valence-corrected chi connectivity index (χ3v) is 5.55. The third-order valence-electron chi connectivity index (χ3n) is 5.55. The van der Waals surface area contributed by atoms with Crippen LogP contribution in [0.1, 0.15) is 19.8 Å². The topological polar surface area (TPSA) is 66.5 Å². The van der Waals surface area contributed by atoms with Crippen LogP contribution in [0.15, 0.2) is 42.5 Å². The summed E-state index contributed by atoms with van der Waals surface area (Å²) in [5, 5.41) is 2.81. The van der Waals surface area contributed by atoms with Gasteiger partial charge in [-0.05, 0) is 36.8 Å². The van der Waals surface area contributed by atoms with Gasteiger partial charge in [0.1, 0.15) is 6.04 Å². The van der Waals surface area contributed by atoms with E-state index in [0.717, 1.165) is 6.42 Å². The Balaban J connectivity index is 1.56. The SMILES string of the molecule is CCC(C(=O)Nc1ccccc1)N1C(=O)C2C3C=CC(C3)C2C1=O. The second-order valence-electron chi connectivity index (χ2n) is 6.83. The first-order chi connectivity index (χ1) is 11.6. The fourth-order valence-corrected chi connectivity index (χ4v) is 4.46. The van der Waals surface area contributed by atoms with E-state index in [1.807, 2.05) is 25.1 Å². The second kappa shape index (κ2) is 5.58. The van der Waals surface area contributed by atoms with E-state index in [1.54, 1.807) is 12.1 Å². The van der Waals surface area contributed by atoms with Gasteiger partial charge in [-0.25, -0.2) is 0 Å². The van der Waals surface area contributed by atoms with E-state index in [4.69, 9.17) is 0 Å². The standard InChI is InChI=1S/C19H20N2O3/c1-2-14(17(22)20-13-6-4-3-5-7-13)21-18(23)15-11-8-9-12(10-11)16(15)19(21)24/h3-9,11-12,14-16H,2,10H2,1H3,(H,20,22). The molecule has 1 aromatic rings. The Labute approximate surface area is 140 Å². The number of hydrogen-bond acceptors (Lipinski definition) is 3.